The molecule has 0 spiro atoms. The zero-order chi connectivity index (χ0) is 8.55. The summed E-state index contributed by atoms with van der Waals surface area (Å²) in [5.41, 5.74) is 5.46. The molecule has 64 valence electrons. The number of aliphatic hydroxyl groups is 1. The van der Waals surface area contributed by atoms with Gasteiger partial charge in [-0.3, -0.25) is 4.98 Å². The number of aryl methyl sites for hydroxylation is 1. The van der Waals surface area contributed by atoms with Gasteiger partial charge in [0.1, 0.15) is 0 Å². The lowest BCUT2D eigenvalue weighted by atomic mass is 10.1. The average Bonchev–Trinajstić information content (AvgIpc) is 2.54. The molecule has 1 aromatic rings. The standard InChI is InChI=1S/C8H10N2O2/c1-5-8-7(3-10-12-8)6(4-11)2-9-5/h2,10-11H,3-4H2,1H3. The van der Waals surface area contributed by atoms with E-state index >= 15 is 0 Å². The van der Waals surface area contributed by atoms with Crippen LogP contribution in [0.15, 0.2) is 6.20 Å². The lowest BCUT2D eigenvalue weighted by Gasteiger charge is -2.03. The molecule has 0 fully saturated rings. The van der Waals surface area contributed by atoms with Gasteiger partial charge in [0.25, 0.3) is 0 Å². The maximum absolute atomic E-state index is 8.97. The highest BCUT2D eigenvalue weighted by Crippen LogP contribution is 2.28. The van der Waals surface area contributed by atoms with Gasteiger partial charge < -0.3 is 9.94 Å². The third kappa shape index (κ3) is 0.964. The summed E-state index contributed by atoms with van der Waals surface area (Å²) in [5, 5.41) is 8.97. The molecule has 2 rings (SSSR count). The van der Waals surface area contributed by atoms with Crippen LogP contribution in [0.3, 0.4) is 0 Å². The van der Waals surface area contributed by atoms with Gasteiger partial charge in [-0.05, 0) is 6.92 Å². The summed E-state index contributed by atoms with van der Waals surface area (Å²) in [6.07, 6.45) is 1.69. The summed E-state index contributed by atoms with van der Waals surface area (Å²) in [4.78, 5) is 9.24. The van der Waals surface area contributed by atoms with Crippen molar-refractivity contribution in [2.75, 3.05) is 0 Å². The lowest BCUT2D eigenvalue weighted by molar-refractivity contribution is 0.222. The molecule has 2 N–H and O–H groups in total. The van der Waals surface area contributed by atoms with E-state index in [1.54, 1.807) is 6.20 Å². The minimum absolute atomic E-state index is 0.0145. The molecular weight excluding hydrogens is 156 g/mol. The first-order chi connectivity index (χ1) is 5.83. The van der Waals surface area contributed by atoms with Crippen molar-refractivity contribution < 1.29 is 9.94 Å². The molecule has 1 aliphatic heterocycles. The third-order valence-electron chi connectivity index (χ3n) is 2.00. The number of rotatable bonds is 1. The molecule has 0 saturated heterocycles. The highest BCUT2D eigenvalue weighted by molar-refractivity contribution is 5.43. The second kappa shape index (κ2) is 2.73. The molecule has 12 heavy (non-hydrogen) atoms. The number of aromatic nitrogens is 1. The van der Waals surface area contributed by atoms with Gasteiger partial charge in [0.2, 0.25) is 0 Å². The molecule has 0 saturated carbocycles. The van der Waals surface area contributed by atoms with Gasteiger partial charge in [0.15, 0.2) is 5.75 Å². The summed E-state index contributed by atoms with van der Waals surface area (Å²) in [5.74, 6) is 0.765. The summed E-state index contributed by atoms with van der Waals surface area (Å²) < 4.78 is 0. The Morgan fingerprint density at radius 2 is 2.58 bits per heavy atom. The van der Waals surface area contributed by atoms with Gasteiger partial charge in [-0.25, -0.2) is 0 Å². The minimum Gasteiger partial charge on any atom is -0.406 e. The van der Waals surface area contributed by atoms with E-state index in [4.69, 9.17) is 9.94 Å². The molecule has 0 bridgehead atoms. The first-order valence-corrected chi connectivity index (χ1v) is 3.81. The van der Waals surface area contributed by atoms with E-state index in [1.165, 1.54) is 0 Å². The van der Waals surface area contributed by atoms with Crippen LogP contribution in [0.5, 0.6) is 5.75 Å². The Morgan fingerprint density at radius 3 is 3.33 bits per heavy atom. The molecule has 1 aromatic heterocycles. The predicted molar refractivity (Wildman–Crippen MR) is 42.4 cm³/mol. The van der Waals surface area contributed by atoms with E-state index in [2.05, 4.69) is 10.5 Å². The van der Waals surface area contributed by atoms with E-state index in [-0.39, 0.29) is 6.61 Å². The van der Waals surface area contributed by atoms with E-state index in [0.717, 1.165) is 22.6 Å². The summed E-state index contributed by atoms with van der Waals surface area (Å²) in [6.45, 7) is 2.54. The van der Waals surface area contributed by atoms with Crippen molar-refractivity contribution in [3.05, 3.63) is 23.0 Å². The van der Waals surface area contributed by atoms with Crippen molar-refractivity contribution in [1.29, 1.82) is 0 Å². The van der Waals surface area contributed by atoms with Crippen molar-refractivity contribution in [3.63, 3.8) is 0 Å². The summed E-state index contributed by atoms with van der Waals surface area (Å²) in [6, 6.07) is 0. The second-order valence-corrected chi connectivity index (χ2v) is 2.76. The van der Waals surface area contributed by atoms with Crippen LogP contribution in [0.1, 0.15) is 16.8 Å². The number of nitrogens with zero attached hydrogens (tertiary/aromatic N) is 1. The first kappa shape index (κ1) is 7.52. The van der Waals surface area contributed by atoms with Gasteiger partial charge in [0.05, 0.1) is 18.8 Å². The fraction of sp³-hybridized carbons (Fsp3) is 0.375. The molecule has 0 amide bonds. The van der Waals surface area contributed by atoms with Crippen LogP contribution in [0.2, 0.25) is 0 Å². The largest absolute Gasteiger partial charge is 0.406 e. The summed E-state index contributed by atoms with van der Waals surface area (Å²) in [7, 11) is 0. The molecule has 0 aliphatic carbocycles. The van der Waals surface area contributed by atoms with Crippen LogP contribution in [0.4, 0.5) is 0 Å². The van der Waals surface area contributed by atoms with E-state index in [1.807, 2.05) is 6.92 Å². The van der Waals surface area contributed by atoms with Crippen LogP contribution in [-0.4, -0.2) is 10.1 Å². The van der Waals surface area contributed by atoms with Gasteiger partial charge in [0, 0.05) is 17.3 Å². The fourth-order valence-corrected chi connectivity index (χ4v) is 1.32. The topological polar surface area (TPSA) is 54.4 Å². The Kier molecular flexibility index (Phi) is 1.71. The number of hydroxylamine groups is 1. The Balaban J connectivity index is 2.57. The maximum atomic E-state index is 8.97. The number of hydrogen-bond acceptors (Lipinski definition) is 4. The predicted octanol–water partition coefficient (Wildman–Crippen LogP) is 0.279. The van der Waals surface area contributed by atoms with Gasteiger partial charge in [-0.2, -0.15) is 5.48 Å². The number of hydrogen-bond donors (Lipinski definition) is 2. The monoisotopic (exact) mass is 166 g/mol. The molecular formula is C8H10N2O2. The van der Waals surface area contributed by atoms with Crippen molar-refractivity contribution in [3.8, 4) is 5.75 Å². The van der Waals surface area contributed by atoms with Crippen molar-refractivity contribution in [2.45, 2.75) is 20.1 Å². The van der Waals surface area contributed by atoms with Crippen molar-refractivity contribution in [2.24, 2.45) is 0 Å². The number of aliphatic hydroxyl groups excluding tert-OH is 1. The molecule has 0 radical (unpaired) electrons. The Morgan fingerprint density at radius 1 is 1.75 bits per heavy atom. The van der Waals surface area contributed by atoms with Crippen LogP contribution >= 0.6 is 0 Å². The molecule has 4 heteroatoms. The molecule has 1 aliphatic rings. The lowest BCUT2D eigenvalue weighted by Crippen LogP contribution is -2.08. The minimum atomic E-state index is 0.0145. The van der Waals surface area contributed by atoms with Crippen LogP contribution < -0.4 is 10.3 Å². The molecule has 4 nitrogen and oxygen atoms in total. The second-order valence-electron chi connectivity index (χ2n) is 2.76. The van der Waals surface area contributed by atoms with Gasteiger partial charge in [-0.1, -0.05) is 0 Å². The van der Waals surface area contributed by atoms with Crippen molar-refractivity contribution >= 4 is 0 Å². The molecule has 0 atom stereocenters. The van der Waals surface area contributed by atoms with Crippen LogP contribution in [0, 0.1) is 6.92 Å². The highest BCUT2D eigenvalue weighted by atomic mass is 16.7. The average molecular weight is 166 g/mol. The fourth-order valence-electron chi connectivity index (χ4n) is 1.32. The van der Waals surface area contributed by atoms with E-state index < -0.39 is 0 Å². The van der Waals surface area contributed by atoms with Gasteiger partial charge in [-0.15, -0.1) is 0 Å². The van der Waals surface area contributed by atoms with Crippen molar-refractivity contribution in [1.82, 2.24) is 10.5 Å². The number of fused-ring (bicyclic) bond motifs is 1. The van der Waals surface area contributed by atoms with Gasteiger partial charge >= 0.3 is 0 Å². The maximum Gasteiger partial charge on any atom is 0.173 e. The Labute approximate surface area is 70.2 Å². The summed E-state index contributed by atoms with van der Waals surface area (Å²) >= 11 is 0. The smallest absolute Gasteiger partial charge is 0.173 e. The van der Waals surface area contributed by atoms with E-state index in [0.29, 0.717) is 6.54 Å². The van der Waals surface area contributed by atoms with Crippen LogP contribution in [0.25, 0.3) is 0 Å². The molecule has 2 heterocycles. The zero-order valence-corrected chi connectivity index (χ0v) is 6.79. The normalized spacial score (nSPS) is 14.2. The third-order valence-corrected chi connectivity index (χ3v) is 2.00. The van der Waals surface area contributed by atoms with E-state index in [9.17, 15) is 0 Å². The number of pyridine rings is 1. The Hall–Kier alpha value is -1.13. The van der Waals surface area contributed by atoms with Crippen LogP contribution in [-0.2, 0) is 13.2 Å². The quantitative estimate of drug-likeness (QED) is 0.629. The zero-order valence-electron chi connectivity index (χ0n) is 6.79. The Bertz CT molecular complexity index is 312. The number of nitrogens with one attached hydrogen (secondary N) is 1. The molecule has 0 unspecified atom stereocenters. The highest BCUT2D eigenvalue weighted by Gasteiger charge is 2.18. The molecule has 0 aromatic carbocycles. The first-order valence-electron chi connectivity index (χ1n) is 3.81. The SMILES string of the molecule is Cc1ncc(CO)c2c1ONC2.